The average molecular weight is 450 g/mol. The molecule has 0 bridgehead atoms. The molecule has 1 aromatic carbocycles. The molecule has 0 spiro atoms. The number of benzene rings is 1. The van der Waals surface area contributed by atoms with Crippen LogP contribution < -0.4 is 5.32 Å². The number of carbonyl (C=O) groups excluding carboxylic acids is 2. The van der Waals surface area contributed by atoms with Crippen LogP contribution in [0.15, 0.2) is 29.2 Å². The minimum atomic E-state index is -3.62. The zero-order chi connectivity index (χ0) is 22.2. The van der Waals surface area contributed by atoms with Crippen LogP contribution in [0, 0.1) is 5.92 Å². The fraction of sp³-hybridized carbons (Fsp3) is 0.636. The van der Waals surface area contributed by atoms with Gasteiger partial charge in [-0.05, 0) is 51.0 Å². The third kappa shape index (κ3) is 4.78. The summed E-state index contributed by atoms with van der Waals surface area (Å²) in [6, 6.07) is 6.51. The van der Waals surface area contributed by atoms with Crippen LogP contribution in [-0.2, 0) is 24.3 Å². The lowest BCUT2D eigenvalue weighted by Gasteiger charge is -2.34. The molecule has 3 atom stereocenters. The van der Waals surface area contributed by atoms with Crippen molar-refractivity contribution < 1.29 is 22.7 Å². The Morgan fingerprint density at radius 2 is 1.65 bits per heavy atom. The Hall–Kier alpha value is -1.97. The van der Waals surface area contributed by atoms with Crippen LogP contribution in [0.3, 0.4) is 0 Å². The number of nitrogens with zero attached hydrogens (tertiary/aromatic N) is 2. The Morgan fingerprint density at radius 3 is 2.26 bits per heavy atom. The fourth-order valence-electron chi connectivity index (χ4n) is 4.91. The van der Waals surface area contributed by atoms with Gasteiger partial charge in [-0.1, -0.05) is 12.8 Å². The summed E-state index contributed by atoms with van der Waals surface area (Å²) in [5, 5.41) is 2.84. The van der Waals surface area contributed by atoms with Crippen molar-refractivity contribution in [2.45, 2.75) is 69.1 Å². The number of likely N-dealkylation sites (tertiary alicyclic amines) is 1. The van der Waals surface area contributed by atoms with E-state index in [0.29, 0.717) is 25.3 Å². The Kier molecular flexibility index (Phi) is 6.37. The number of hydrogen-bond donors (Lipinski definition) is 1. The highest BCUT2D eigenvalue weighted by Gasteiger charge is 2.38. The van der Waals surface area contributed by atoms with Gasteiger partial charge < -0.3 is 15.0 Å². The number of hydrogen-bond acceptors (Lipinski definition) is 5. The molecule has 9 heteroatoms. The SMILES string of the molecule is C[C@@H]1CN(S(=O)(=O)c2ccc(NC(=O)[C@@H]3CC(=O)N(C4CCCC4)C3)cc2)C[C@@H](C)O1. The van der Waals surface area contributed by atoms with Crippen LogP contribution in [-0.4, -0.2) is 67.3 Å². The van der Waals surface area contributed by atoms with Gasteiger partial charge >= 0.3 is 0 Å². The van der Waals surface area contributed by atoms with Crippen molar-refractivity contribution in [2.75, 3.05) is 25.0 Å². The third-order valence-electron chi connectivity index (χ3n) is 6.44. The van der Waals surface area contributed by atoms with Crippen LogP contribution in [0.25, 0.3) is 0 Å². The summed E-state index contributed by atoms with van der Waals surface area (Å²) in [4.78, 5) is 27.1. The van der Waals surface area contributed by atoms with Crippen LogP contribution in [0.4, 0.5) is 5.69 Å². The van der Waals surface area contributed by atoms with Crippen molar-refractivity contribution in [3.8, 4) is 0 Å². The molecule has 1 N–H and O–H groups in total. The van der Waals surface area contributed by atoms with E-state index < -0.39 is 10.0 Å². The van der Waals surface area contributed by atoms with Crippen LogP contribution >= 0.6 is 0 Å². The molecule has 8 nitrogen and oxygen atoms in total. The van der Waals surface area contributed by atoms with E-state index in [9.17, 15) is 18.0 Å². The van der Waals surface area contributed by atoms with Crippen LogP contribution in [0.5, 0.6) is 0 Å². The quantitative estimate of drug-likeness (QED) is 0.744. The predicted octanol–water partition coefficient (Wildman–Crippen LogP) is 2.21. The van der Waals surface area contributed by atoms with Gasteiger partial charge in [0, 0.05) is 37.8 Å². The van der Waals surface area contributed by atoms with Crippen molar-refractivity contribution in [1.29, 1.82) is 0 Å². The van der Waals surface area contributed by atoms with Gasteiger partial charge in [0.15, 0.2) is 0 Å². The van der Waals surface area contributed by atoms with Gasteiger partial charge in [-0.3, -0.25) is 9.59 Å². The first-order chi connectivity index (χ1) is 14.7. The van der Waals surface area contributed by atoms with Gasteiger partial charge in [-0.25, -0.2) is 8.42 Å². The maximum atomic E-state index is 13.0. The second-order valence-electron chi connectivity index (χ2n) is 8.98. The molecule has 1 aliphatic carbocycles. The largest absolute Gasteiger partial charge is 0.373 e. The van der Waals surface area contributed by atoms with E-state index in [0.717, 1.165) is 25.7 Å². The van der Waals surface area contributed by atoms with Crippen molar-refractivity contribution in [1.82, 2.24) is 9.21 Å². The first-order valence-electron chi connectivity index (χ1n) is 11.1. The average Bonchev–Trinajstić information content (AvgIpc) is 3.37. The summed E-state index contributed by atoms with van der Waals surface area (Å²) < 4.78 is 33.0. The van der Waals surface area contributed by atoms with E-state index in [-0.39, 0.29) is 47.3 Å². The van der Waals surface area contributed by atoms with E-state index in [4.69, 9.17) is 4.74 Å². The van der Waals surface area contributed by atoms with Gasteiger partial charge in [0.05, 0.1) is 23.0 Å². The maximum Gasteiger partial charge on any atom is 0.243 e. The van der Waals surface area contributed by atoms with Gasteiger partial charge in [0.2, 0.25) is 21.8 Å². The molecule has 31 heavy (non-hydrogen) atoms. The highest BCUT2D eigenvalue weighted by atomic mass is 32.2. The number of carbonyl (C=O) groups is 2. The fourth-order valence-corrected chi connectivity index (χ4v) is 6.50. The molecule has 3 fully saturated rings. The number of anilines is 1. The van der Waals surface area contributed by atoms with Crippen molar-refractivity contribution >= 4 is 27.5 Å². The lowest BCUT2D eigenvalue weighted by molar-refractivity contribution is -0.129. The Bertz CT molecular complexity index is 917. The third-order valence-corrected chi connectivity index (χ3v) is 8.29. The second-order valence-corrected chi connectivity index (χ2v) is 10.9. The van der Waals surface area contributed by atoms with E-state index >= 15 is 0 Å². The van der Waals surface area contributed by atoms with Gasteiger partial charge in [-0.2, -0.15) is 4.31 Å². The van der Waals surface area contributed by atoms with E-state index in [1.54, 1.807) is 12.1 Å². The topological polar surface area (TPSA) is 96.0 Å². The van der Waals surface area contributed by atoms with Crippen LogP contribution in [0.2, 0.25) is 0 Å². The normalized spacial score (nSPS) is 28.3. The number of morpholine rings is 1. The molecule has 0 radical (unpaired) electrons. The highest BCUT2D eigenvalue weighted by Crippen LogP contribution is 2.30. The predicted molar refractivity (Wildman–Crippen MR) is 116 cm³/mol. The summed E-state index contributed by atoms with van der Waals surface area (Å²) in [6.45, 7) is 4.82. The van der Waals surface area contributed by atoms with E-state index in [1.165, 1.54) is 16.4 Å². The number of rotatable bonds is 5. The second kappa shape index (κ2) is 8.88. The number of sulfonamides is 1. The molecule has 3 aliphatic rings. The van der Waals surface area contributed by atoms with Crippen molar-refractivity contribution in [2.24, 2.45) is 5.92 Å². The molecule has 170 valence electrons. The monoisotopic (exact) mass is 449 g/mol. The molecule has 2 saturated heterocycles. The summed E-state index contributed by atoms with van der Waals surface area (Å²) in [7, 11) is -3.62. The molecule has 2 aliphatic heterocycles. The van der Waals surface area contributed by atoms with Gasteiger partial charge in [0.25, 0.3) is 0 Å². The molecule has 4 rings (SSSR count). The van der Waals surface area contributed by atoms with Crippen molar-refractivity contribution in [3.05, 3.63) is 24.3 Å². The lowest BCUT2D eigenvalue weighted by Crippen LogP contribution is -2.48. The number of nitrogens with one attached hydrogen (secondary N) is 1. The Balaban J connectivity index is 1.38. The molecule has 2 amide bonds. The van der Waals surface area contributed by atoms with E-state index in [2.05, 4.69) is 5.32 Å². The minimum Gasteiger partial charge on any atom is -0.373 e. The molecular weight excluding hydrogens is 418 g/mol. The Morgan fingerprint density at radius 1 is 1.03 bits per heavy atom. The van der Waals surface area contributed by atoms with E-state index in [1.807, 2.05) is 18.7 Å². The summed E-state index contributed by atoms with van der Waals surface area (Å²) in [6.07, 6.45) is 4.26. The molecular formula is C22H31N3O5S. The standard InChI is InChI=1S/C22H31N3O5S/c1-15-12-24(13-16(2)30-15)31(28,29)20-9-7-18(8-10-20)23-22(27)17-11-21(26)25(14-17)19-5-3-4-6-19/h7-10,15-17,19H,3-6,11-14H2,1-2H3,(H,23,27)/t15-,16-,17-/m1/s1. The molecule has 0 unspecified atom stereocenters. The Labute approximate surface area is 184 Å². The molecule has 1 saturated carbocycles. The molecule has 0 aromatic heterocycles. The summed E-state index contributed by atoms with van der Waals surface area (Å²) >= 11 is 0. The number of amides is 2. The summed E-state index contributed by atoms with van der Waals surface area (Å²) in [5.41, 5.74) is 0.527. The molecule has 1 aromatic rings. The zero-order valence-electron chi connectivity index (χ0n) is 18.1. The van der Waals surface area contributed by atoms with Gasteiger partial charge in [-0.15, -0.1) is 0 Å². The van der Waals surface area contributed by atoms with Crippen molar-refractivity contribution in [3.63, 3.8) is 0 Å². The molecule has 2 heterocycles. The number of ether oxygens (including phenoxy) is 1. The minimum absolute atomic E-state index is 0.0578. The smallest absolute Gasteiger partial charge is 0.243 e. The summed E-state index contributed by atoms with van der Waals surface area (Å²) in [5.74, 6) is -0.504. The first-order valence-corrected chi connectivity index (χ1v) is 12.5. The van der Waals surface area contributed by atoms with Crippen LogP contribution in [0.1, 0.15) is 46.0 Å². The highest BCUT2D eigenvalue weighted by molar-refractivity contribution is 7.89. The van der Waals surface area contributed by atoms with Gasteiger partial charge in [0.1, 0.15) is 0 Å². The maximum absolute atomic E-state index is 13.0. The lowest BCUT2D eigenvalue weighted by atomic mass is 10.1. The first kappa shape index (κ1) is 22.2. The zero-order valence-corrected chi connectivity index (χ0v) is 18.9.